The highest BCUT2D eigenvalue weighted by molar-refractivity contribution is 7.53. The van der Waals surface area contributed by atoms with E-state index in [0.29, 0.717) is 6.54 Å². The molecule has 0 saturated carbocycles. The van der Waals surface area contributed by atoms with Crippen LogP contribution in [0, 0.1) is 0 Å². The van der Waals surface area contributed by atoms with Gasteiger partial charge in [0.25, 0.3) is 0 Å². The molecule has 102 valence electrons. The van der Waals surface area contributed by atoms with Crippen molar-refractivity contribution in [2.45, 2.75) is 18.5 Å². The third-order valence-electron chi connectivity index (χ3n) is 3.14. The lowest BCUT2D eigenvalue weighted by molar-refractivity contribution is 0.263. The minimum atomic E-state index is -3.52. The molecule has 0 radical (unpaired) electrons. The molecule has 0 amide bonds. The lowest BCUT2D eigenvalue weighted by atomic mass is 9.98. The van der Waals surface area contributed by atoms with Gasteiger partial charge in [0.15, 0.2) is 0 Å². The van der Waals surface area contributed by atoms with Crippen LogP contribution in [-0.4, -0.2) is 30.2 Å². The second kappa shape index (κ2) is 6.69. The van der Waals surface area contributed by atoms with Gasteiger partial charge in [0.2, 0.25) is 0 Å². The van der Waals surface area contributed by atoms with Gasteiger partial charge in [0.1, 0.15) is 0 Å². The van der Waals surface area contributed by atoms with Crippen molar-refractivity contribution in [2.75, 3.05) is 19.7 Å². The Bertz CT molecular complexity index is 415. The molecule has 0 aliphatic carbocycles. The van der Waals surface area contributed by atoms with Gasteiger partial charge < -0.3 is 14.7 Å². The lowest BCUT2D eigenvalue weighted by Crippen LogP contribution is -2.19. The maximum atomic E-state index is 12.1. The van der Waals surface area contributed by atoms with E-state index >= 15 is 0 Å². The molecule has 1 heterocycles. The van der Waals surface area contributed by atoms with E-state index in [-0.39, 0.29) is 30.6 Å². The molecule has 18 heavy (non-hydrogen) atoms. The molecule has 1 aliphatic rings. The number of hydrogen-bond acceptors (Lipinski definition) is 3. The average Bonchev–Trinajstić information content (AvgIpc) is 2.79. The Hall–Kier alpha value is -0.380. The van der Waals surface area contributed by atoms with Crippen LogP contribution in [0.1, 0.15) is 18.4 Å². The van der Waals surface area contributed by atoms with Gasteiger partial charge in [-0.3, -0.25) is 4.57 Å². The van der Waals surface area contributed by atoms with Crippen molar-refractivity contribution >= 4 is 20.0 Å². The van der Waals surface area contributed by atoms with Crippen LogP contribution in [0.3, 0.4) is 0 Å². The fraction of sp³-hybridized carbons (Fsp3) is 0.500. The first-order valence-corrected chi connectivity index (χ1v) is 7.52. The van der Waals surface area contributed by atoms with E-state index < -0.39 is 7.60 Å². The van der Waals surface area contributed by atoms with Crippen LogP contribution >= 0.6 is 20.0 Å². The highest BCUT2D eigenvalue weighted by Gasteiger charge is 2.42. The number of halogens is 1. The molecule has 2 rings (SSSR count). The van der Waals surface area contributed by atoms with Gasteiger partial charge in [-0.15, -0.1) is 12.4 Å². The minimum Gasteiger partial charge on any atom is -0.324 e. The molecule has 3 atom stereocenters. The Morgan fingerprint density at radius 2 is 2.06 bits per heavy atom. The largest absolute Gasteiger partial charge is 0.333 e. The number of hydrogen-bond donors (Lipinski definition) is 2. The Morgan fingerprint density at radius 1 is 1.39 bits per heavy atom. The van der Waals surface area contributed by atoms with Gasteiger partial charge in [0.05, 0.1) is 12.3 Å². The molecule has 2 N–H and O–H groups in total. The maximum absolute atomic E-state index is 12.1. The van der Waals surface area contributed by atoms with E-state index in [1.807, 2.05) is 30.3 Å². The molecule has 6 heteroatoms. The SMILES string of the molecule is CCOP(=O)(O)C1CNCC1c1ccccc1.Cl. The summed E-state index contributed by atoms with van der Waals surface area (Å²) in [6.07, 6.45) is 0. The Balaban J connectivity index is 0.00000162. The van der Waals surface area contributed by atoms with Crippen LogP contribution in [0.4, 0.5) is 0 Å². The first-order valence-electron chi connectivity index (χ1n) is 5.88. The normalized spacial score (nSPS) is 26.3. The van der Waals surface area contributed by atoms with Gasteiger partial charge >= 0.3 is 7.60 Å². The number of benzene rings is 1. The monoisotopic (exact) mass is 291 g/mol. The second-order valence-electron chi connectivity index (χ2n) is 4.22. The lowest BCUT2D eigenvalue weighted by Gasteiger charge is -2.23. The zero-order chi connectivity index (χ0) is 12.3. The van der Waals surface area contributed by atoms with Crippen molar-refractivity contribution in [1.29, 1.82) is 0 Å². The quantitative estimate of drug-likeness (QED) is 0.836. The van der Waals surface area contributed by atoms with Crippen LogP contribution in [0.2, 0.25) is 0 Å². The Labute approximate surface area is 114 Å². The summed E-state index contributed by atoms with van der Waals surface area (Å²) >= 11 is 0. The van der Waals surface area contributed by atoms with Crippen LogP contribution < -0.4 is 5.32 Å². The third kappa shape index (κ3) is 3.34. The van der Waals surface area contributed by atoms with E-state index in [1.165, 1.54) is 0 Å². The van der Waals surface area contributed by atoms with Crippen LogP contribution in [-0.2, 0) is 9.09 Å². The molecule has 1 aromatic rings. The summed E-state index contributed by atoms with van der Waals surface area (Å²) < 4.78 is 17.1. The first-order chi connectivity index (χ1) is 8.15. The van der Waals surface area contributed by atoms with Crippen LogP contribution in [0.25, 0.3) is 0 Å². The summed E-state index contributed by atoms with van der Waals surface area (Å²) in [6, 6.07) is 9.84. The fourth-order valence-electron chi connectivity index (χ4n) is 2.33. The van der Waals surface area contributed by atoms with Gasteiger partial charge in [-0.25, -0.2) is 0 Å². The average molecular weight is 292 g/mol. The van der Waals surface area contributed by atoms with E-state index in [0.717, 1.165) is 12.1 Å². The summed E-state index contributed by atoms with van der Waals surface area (Å²) in [5.41, 5.74) is 0.751. The predicted octanol–water partition coefficient (Wildman–Crippen LogP) is 2.39. The number of nitrogens with one attached hydrogen (secondary N) is 1. The van der Waals surface area contributed by atoms with Crippen molar-refractivity contribution in [3.63, 3.8) is 0 Å². The smallest absolute Gasteiger partial charge is 0.324 e. The molecule has 1 fully saturated rings. The van der Waals surface area contributed by atoms with Crippen molar-refractivity contribution < 1.29 is 14.0 Å². The van der Waals surface area contributed by atoms with Gasteiger partial charge in [-0.1, -0.05) is 30.3 Å². The van der Waals surface area contributed by atoms with E-state index in [9.17, 15) is 9.46 Å². The predicted molar refractivity (Wildman–Crippen MR) is 74.5 cm³/mol. The van der Waals surface area contributed by atoms with E-state index in [4.69, 9.17) is 4.52 Å². The highest BCUT2D eigenvalue weighted by Crippen LogP contribution is 2.53. The van der Waals surface area contributed by atoms with Crippen molar-refractivity contribution in [1.82, 2.24) is 5.32 Å². The van der Waals surface area contributed by atoms with Crippen molar-refractivity contribution in [2.24, 2.45) is 0 Å². The van der Waals surface area contributed by atoms with Gasteiger partial charge in [-0.2, -0.15) is 0 Å². The van der Waals surface area contributed by atoms with Gasteiger partial charge in [0, 0.05) is 19.0 Å². The van der Waals surface area contributed by atoms with Crippen molar-refractivity contribution in [3.05, 3.63) is 35.9 Å². The molecular weight excluding hydrogens is 273 g/mol. The molecule has 4 nitrogen and oxygen atoms in total. The first kappa shape index (κ1) is 15.7. The van der Waals surface area contributed by atoms with Gasteiger partial charge in [-0.05, 0) is 12.5 Å². The number of rotatable bonds is 4. The summed E-state index contributed by atoms with van der Waals surface area (Å²) in [5, 5.41) is 3.17. The topological polar surface area (TPSA) is 58.6 Å². The molecule has 1 aliphatic heterocycles. The zero-order valence-electron chi connectivity index (χ0n) is 10.3. The van der Waals surface area contributed by atoms with E-state index in [1.54, 1.807) is 6.92 Å². The Morgan fingerprint density at radius 3 is 2.67 bits per heavy atom. The van der Waals surface area contributed by atoms with Crippen LogP contribution in [0.5, 0.6) is 0 Å². The molecular formula is C12H19ClNO3P. The molecule has 3 unspecified atom stereocenters. The summed E-state index contributed by atoms with van der Waals surface area (Å²) in [6.45, 7) is 3.27. The Kier molecular flexibility index (Phi) is 5.83. The summed E-state index contributed by atoms with van der Waals surface area (Å²) in [4.78, 5) is 9.94. The second-order valence-corrected chi connectivity index (χ2v) is 6.27. The molecule has 0 spiro atoms. The third-order valence-corrected chi connectivity index (χ3v) is 5.15. The highest BCUT2D eigenvalue weighted by atomic mass is 35.5. The van der Waals surface area contributed by atoms with Crippen LogP contribution in [0.15, 0.2) is 30.3 Å². The van der Waals surface area contributed by atoms with E-state index in [2.05, 4.69) is 5.32 Å². The molecule has 1 aromatic carbocycles. The standard InChI is InChI=1S/C12H18NO3P.ClH/c1-2-16-17(14,15)12-9-13-8-11(12)10-6-4-3-5-7-10;/h3-7,11-13H,2,8-9H2,1H3,(H,14,15);1H. The maximum Gasteiger partial charge on any atom is 0.333 e. The minimum absolute atomic E-state index is 0. The molecule has 0 bridgehead atoms. The molecule has 0 aromatic heterocycles. The summed E-state index contributed by atoms with van der Waals surface area (Å²) in [7, 11) is -3.52. The van der Waals surface area contributed by atoms with Crippen molar-refractivity contribution in [3.8, 4) is 0 Å². The molecule has 1 saturated heterocycles. The fourth-order valence-corrected chi connectivity index (χ4v) is 3.98. The zero-order valence-corrected chi connectivity index (χ0v) is 12.0. The summed E-state index contributed by atoms with van der Waals surface area (Å²) in [5.74, 6) is 0.0542.